The Balaban J connectivity index is 2.92. The highest BCUT2D eigenvalue weighted by Gasteiger charge is 2.40. The molecule has 0 saturated carbocycles. The molecule has 0 N–H and O–H groups in total. The van der Waals surface area contributed by atoms with Crippen molar-refractivity contribution in [1.29, 1.82) is 0 Å². The first-order valence-electron chi connectivity index (χ1n) is 3.43. The summed E-state index contributed by atoms with van der Waals surface area (Å²) >= 11 is 5.44. The fourth-order valence-corrected chi connectivity index (χ4v) is 1.37. The Hall–Kier alpha value is -0.570. The number of halogens is 1. The zero-order valence-electron chi connectivity index (χ0n) is 6.89. The van der Waals surface area contributed by atoms with Crippen LogP contribution in [0.5, 0.6) is 0 Å². The van der Waals surface area contributed by atoms with E-state index in [-0.39, 0.29) is 5.24 Å². The molecule has 1 unspecified atom stereocenters. The molecule has 0 bridgehead atoms. The van der Waals surface area contributed by atoms with Gasteiger partial charge in [-0.2, -0.15) is 5.10 Å². The summed E-state index contributed by atoms with van der Waals surface area (Å²) in [6.07, 6.45) is 0. The van der Waals surface area contributed by atoms with E-state index in [2.05, 4.69) is 5.10 Å². The minimum atomic E-state index is -0.573. The number of carbonyl (C=O) groups excluding carboxylic acids is 1. The van der Waals surface area contributed by atoms with E-state index in [0.29, 0.717) is 6.54 Å². The summed E-state index contributed by atoms with van der Waals surface area (Å²) in [6.45, 7) is 4.22. The Bertz CT molecular complexity index is 226. The van der Waals surface area contributed by atoms with Gasteiger partial charge in [0, 0.05) is 7.05 Å². The number of nitrogens with zero attached hydrogens (tertiary/aromatic N) is 2. The molecule has 0 radical (unpaired) electrons. The van der Waals surface area contributed by atoms with Gasteiger partial charge in [0.1, 0.15) is 5.41 Å². The first-order valence-corrected chi connectivity index (χ1v) is 3.81. The lowest BCUT2D eigenvalue weighted by Crippen LogP contribution is -2.34. The molecule has 1 atom stereocenters. The minimum Gasteiger partial charge on any atom is -0.299 e. The first kappa shape index (κ1) is 8.53. The summed E-state index contributed by atoms with van der Waals surface area (Å²) in [5.74, 6) is 0. The van der Waals surface area contributed by atoms with Crippen LogP contribution in [0.2, 0.25) is 0 Å². The molecule has 0 spiro atoms. The summed E-state index contributed by atoms with van der Waals surface area (Å²) in [5.41, 5.74) is 0.219. The molecule has 1 aliphatic rings. The highest BCUT2D eigenvalue weighted by Crippen LogP contribution is 2.28. The number of hydrazone groups is 1. The van der Waals surface area contributed by atoms with E-state index < -0.39 is 5.41 Å². The van der Waals surface area contributed by atoms with Gasteiger partial charge in [0.2, 0.25) is 5.24 Å². The minimum absolute atomic E-state index is 0.330. The molecule has 4 heteroatoms. The van der Waals surface area contributed by atoms with Crippen LogP contribution < -0.4 is 0 Å². The molecule has 1 heterocycles. The number of hydrogen-bond donors (Lipinski definition) is 0. The zero-order chi connectivity index (χ0) is 8.65. The monoisotopic (exact) mass is 174 g/mol. The quantitative estimate of drug-likeness (QED) is 0.558. The molecule has 0 aromatic carbocycles. The lowest BCUT2D eigenvalue weighted by molar-refractivity contribution is -0.116. The Kier molecular flexibility index (Phi) is 1.92. The summed E-state index contributed by atoms with van der Waals surface area (Å²) in [6, 6.07) is 0. The van der Waals surface area contributed by atoms with E-state index in [1.54, 1.807) is 5.01 Å². The fourth-order valence-electron chi connectivity index (χ4n) is 1.18. The molecule has 1 aliphatic heterocycles. The number of carbonyl (C=O) groups is 1. The molecule has 1 rings (SSSR count). The van der Waals surface area contributed by atoms with Crippen molar-refractivity contribution in [2.75, 3.05) is 13.6 Å². The molecule has 0 aliphatic carbocycles. The molecule has 0 aromatic rings. The van der Waals surface area contributed by atoms with E-state index >= 15 is 0 Å². The van der Waals surface area contributed by atoms with Gasteiger partial charge in [-0.25, -0.2) is 0 Å². The molecule has 0 saturated heterocycles. The van der Waals surface area contributed by atoms with Gasteiger partial charge in [0.25, 0.3) is 0 Å². The molecule has 3 nitrogen and oxygen atoms in total. The summed E-state index contributed by atoms with van der Waals surface area (Å²) in [5, 5.41) is 5.51. The number of hydrogen-bond acceptors (Lipinski definition) is 3. The van der Waals surface area contributed by atoms with Gasteiger partial charge < -0.3 is 0 Å². The van der Waals surface area contributed by atoms with Crippen LogP contribution in [0, 0.1) is 5.41 Å². The lowest BCUT2D eigenvalue weighted by Gasteiger charge is -2.18. The van der Waals surface area contributed by atoms with E-state index in [1.807, 2.05) is 20.9 Å². The van der Waals surface area contributed by atoms with E-state index in [9.17, 15) is 4.79 Å². The molecule has 0 fully saturated rings. The topological polar surface area (TPSA) is 32.7 Å². The highest BCUT2D eigenvalue weighted by atomic mass is 35.5. The Morgan fingerprint density at radius 2 is 2.36 bits per heavy atom. The average Bonchev–Trinajstić information content (AvgIpc) is 2.08. The number of rotatable bonds is 1. The third-order valence-corrected chi connectivity index (χ3v) is 2.52. The van der Waals surface area contributed by atoms with Crippen molar-refractivity contribution in [3.63, 3.8) is 0 Å². The largest absolute Gasteiger partial charge is 0.299 e. The van der Waals surface area contributed by atoms with E-state index in [1.165, 1.54) is 0 Å². The van der Waals surface area contributed by atoms with Crippen LogP contribution in [0.4, 0.5) is 0 Å². The Morgan fingerprint density at radius 1 is 1.82 bits per heavy atom. The molecule has 0 amide bonds. The van der Waals surface area contributed by atoms with Crippen LogP contribution in [0.15, 0.2) is 5.10 Å². The molecule has 62 valence electrons. The van der Waals surface area contributed by atoms with Crippen molar-refractivity contribution in [3.8, 4) is 0 Å². The van der Waals surface area contributed by atoms with Crippen molar-refractivity contribution in [2.45, 2.75) is 13.8 Å². The third-order valence-electron chi connectivity index (χ3n) is 2.10. The summed E-state index contributed by atoms with van der Waals surface area (Å²) in [4.78, 5) is 11.0. The van der Waals surface area contributed by atoms with Crippen LogP contribution >= 0.6 is 11.6 Å². The summed E-state index contributed by atoms with van der Waals surface area (Å²) < 4.78 is 0. The van der Waals surface area contributed by atoms with Crippen molar-refractivity contribution in [1.82, 2.24) is 5.01 Å². The first-order chi connectivity index (χ1) is 4.97. The van der Waals surface area contributed by atoms with Gasteiger partial charge in [-0.05, 0) is 25.4 Å². The fraction of sp³-hybridized carbons (Fsp3) is 0.714. The van der Waals surface area contributed by atoms with Crippen LogP contribution in [0.25, 0.3) is 0 Å². The predicted octanol–water partition coefficient (Wildman–Crippen LogP) is 1.08. The van der Waals surface area contributed by atoms with E-state index in [4.69, 9.17) is 11.6 Å². The maximum atomic E-state index is 11.0. The second-order valence-electron chi connectivity index (χ2n) is 3.11. The summed E-state index contributed by atoms with van der Waals surface area (Å²) in [7, 11) is 1.83. The van der Waals surface area contributed by atoms with Crippen LogP contribution in [0.1, 0.15) is 13.8 Å². The maximum Gasteiger partial charge on any atom is 0.235 e. The second-order valence-corrected chi connectivity index (χ2v) is 3.45. The Morgan fingerprint density at radius 3 is 2.55 bits per heavy atom. The Labute approximate surface area is 71.0 Å². The van der Waals surface area contributed by atoms with Gasteiger partial charge in [0.05, 0.1) is 12.3 Å². The molecule has 0 aromatic heterocycles. The van der Waals surface area contributed by atoms with Gasteiger partial charge >= 0.3 is 0 Å². The van der Waals surface area contributed by atoms with Gasteiger partial charge in [-0.3, -0.25) is 9.80 Å². The molecule has 11 heavy (non-hydrogen) atoms. The average molecular weight is 175 g/mol. The third kappa shape index (κ3) is 1.25. The van der Waals surface area contributed by atoms with Crippen LogP contribution in [0.3, 0.4) is 0 Å². The molecular weight excluding hydrogens is 164 g/mol. The predicted molar refractivity (Wildman–Crippen MR) is 44.7 cm³/mol. The highest BCUT2D eigenvalue weighted by molar-refractivity contribution is 6.66. The van der Waals surface area contributed by atoms with Crippen molar-refractivity contribution >= 4 is 22.6 Å². The lowest BCUT2D eigenvalue weighted by atomic mass is 9.88. The van der Waals surface area contributed by atoms with Crippen LogP contribution in [-0.2, 0) is 4.79 Å². The van der Waals surface area contributed by atoms with Gasteiger partial charge in [-0.1, -0.05) is 0 Å². The van der Waals surface area contributed by atoms with Crippen molar-refractivity contribution < 1.29 is 4.79 Å². The van der Waals surface area contributed by atoms with Crippen molar-refractivity contribution in [3.05, 3.63) is 0 Å². The SMILES string of the molecule is CC1=NN(C)CC1(C)C(=O)Cl. The smallest absolute Gasteiger partial charge is 0.235 e. The van der Waals surface area contributed by atoms with Crippen molar-refractivity contribution in [2.24, 2.45) is 10.5 Å². The zero-order valence-corrected chi connectivity index (χ0v) is 7.64. The second kappa shape index (κ2) is 2.48. The standard InChI is InChI=1S/C7H11ClN2O/c1-5-7(2,6(8)11)4-10(3)9-5/h4H2,1-3H3. The van der Waals surface area contributed by atoms with Gasteiger partial charge in [-0.15, -0.1) is 0 Å². The maximum absolute atomic E-state index is 11.0. The normalized spacial score (nSPS) is 30.5. The van der Waals surface area contributed by atoms with Gasteiger partial charge in [0.15, 0.2) is 0 Å². The van der Waals surface area contributed by atoms with Crippen LogP contribution in [-0.4, -0.2) is 29.6 Å². The van der Waals surface area contributed by atoms with E-state index in [0.717, 1.165) is 5.71 Å². The molecular formula is C7H11ClN2O.